The van der Waals surface area contributed by atoms with Gasteiger partial charge < -0.3 is 10.6 Å². The molecule has 0 radical (unpaired) electrons. The van der Waals surface area contributed by atoms with Gasteiger partial charge >= 0.3 is 0 Å². The summed E-state index contributed by atoms with van der Waals surface area (Å²) >= 11 is 0. The lowest BCUT2D eigenvalue weighted by atomic mass is 9.83. The van der Waals surface area contributed by atoms with Crippen LogP contribution in [-0.4, -0.2) is 23.6 Å². The van der Waals surface area contributed by atoms with Crippen molar-refractivity contribution in [2.75, 3.05) is 24.2 Å². The van der Waals surface area contributed by atoms with E-state index < -0.39 is 5.82 Å². The maximum atomic E-state index is 13.3. The fraction of sp³-hybridized carbons (Fsp3) is 0.636. The third-order valence-corrected chi connectivity index (χ3v) is 3.04. The molecule has 0 amide bonds. The van der Waals surface area contributed by atoms with Crippen LogP contribution in [0.15, 0.2) is 6.20 Å². The first kappa shape index (κ1) is 11.1. The smallest absolute Gasteiger partial charge is 0.224 e. The third kappa shape index (κ3) is 2.59. The van der Waals surface area contributed by atoms with Crippen LogP contribution in [0.5, 0.6) is 0 Å². The zero-order valence-corrected chi connectivity index (χ0v) is 9.46. The van der Waals surface area contributed by atoms with Gasteiger partial charge in [-0.05, 0) is 12.3 Å². The molecule has 1 fully saturated rings. The first-order chi connectivity index (χ1) is 7.79. The molecule has 2 N–H and O–H groups in total. The second-order valence-corrected chi connectivity index (χ2v) is 4.15. The molecular formula is C11H17FN4. The second-order valence-electron chi connectivity index (χ2n) is 4.15. The fourth-order valence-electron chi connectivity index (χ4n) is 1.79. The highest BCUT2D eigenvalue weighted by Crippen LogP contribution is 2.29. The van der Waals surface area contributed by atoms with Gasteiger partial charge in [-0.3, -0.25) is 0 Å². The van der Waals surface area contributed by atoms with Crippen molar-refractivity contribution in [1.29, 1.82) is 0 Å². The molecule has 1 aliphatic carbocycles. The summed E-state index contributed by atoms with van der Waals surface area (Å²) in [6.45, 7) is 0.780. The monoisotopic (exact) mass is 224 g/mol. The molecule has 5 heteroatoms. The number of rotatable bonds is 5. The first-order valence-corrected chi connectivity index (χ1v) is 5.73. The van der Waals surface area contributed by atoms with Crippen LogP contribution in [-0.2, 0) is 0 Å². The molecule has 1 heterocycles. The lowest BCUT2D eigenvalue weighted by Gasteiger charge is -2.25. The van der Waals surface area contributed by atoms with Crippen LogP contribution in [0.4, 0.5) is 16.2 Å². The summed E-state index contributed by atoms with van der Waals surface area (Å²) in [7, 11) is 1.71. The van der Waals surface area contributed by atoms with Crippen molar-refractivity contribution in [1.82, 2.24) is 9.97 Å². The Bertz CT molecular complexity index is 352. The molecule has 0 aromatic carbocycles. The summed E-state index contributed by atoms with van der Waals surface area (Å²) in [5.41, 5.74) is 0. The van der Waals surface area contributed by atoms with Gasteiger partial charge in [0.2, 0.25) is 5.95 Å². The normalized spacial score (nSPS) is 15.6. The highest BCUT2D eigenvalue weighted by Gasteiger charge is 2.16. The first-order valence-electron chi connectivity index (χ1n) is 5.73. The van der Waals surface area contributed by atoms with Crippen LogP contribution in [0.1, 0.15) is 25.7 Å². The van der Waals surface area contributed by atoms with Crippen molar-refractivity contribution in [2.45, 2.75) is 25.7 Å². The zero-order chi connectivity index (χ0) is 11.4. The number of hydrogen-bond donors (Lipinski definition) is 2. The van der Waals surface area contributed by atoms with Crippen molar-refractivity contribution in [3.8, 4) is 0 Å². The fourth-order valence-corrected chi connectivity index (χ4v) is 1.79. The summed E-state index contributed by atoms with van der Waals surface area (Å²) in [4.78, 5) is 7.81. The molecule has 1 saturated carbocycles. The maximum absolute atomic E-state index is 13.3. The molecule has 1 aliphatic rings. The molecule has 1 aromatic rings. The minimum atomic E-state index is -0.396. The van der Waals surface area contributed by atoms with E-state index in [4.69, 9.17) is 0 Å². The molecule has 0 spiro atoms. The van der Waals surface area contributed by atoms with Crippen LogP contribution >= 0.6 is 0 Å². The molecule has 0 atom stereocenters. The van der Waals surface area contributed by atoms with E-state index in [2.05, 4.69) is 20.6 Å². The summed E-state index contributed by atoms with van der Waals surface area (Å²) in [6, 6.07) is 0. The molecule has 16 heavy (non-hydrogen) atoms. The predicted octanol–water partition coefficient (Wildman–Crippen LogP) is 2.26. The van der Waals surface area contributed by atoms with E-state index in [0.29, 0.717) is 11.8 Å². The van der Waals surface area contributed by atoms with Gasteiger partial charge in [0.25, 0.3) is 0 Å². The van der Waals surface area contributed by atoms with E-state index >= 15 is 0 Å². The zero-order valence-electron chi connectivity index (χ0n) is 9.46. The Balaban J connectivity index is 1.86. The van der Waals surface area contributed by atoms with Crippen LogP contribution in [0.25, 0.3) is 0 Å². The Kier molecular flexibility index (Phi) is 3.54. The van der Waals surface area contributed by atoms with Crippen LogP contribution in [0.3, 0.4) is 0 Å². The molecule has 0 unspecified atom stereocenters. The van der Waals surface area contributed by atoms with E-state index in [1.807, 2.05) is 0 Å². The van der Waals surface area contributed by atoms with Crippen molar-refractivity contribution < 1.29 is 4.39 Å². The minimum absolute atomic E-state index is 0.290. The van der Waals surface area contributed by atoms with Gasteiger partial charge in [-0.1, -0.05) is 19.3 Å². The summed E-state index contributed by atoms with van der Waals surface area (Å²) in [5.74, 6) is 1.15. The Morgan fingerprint density at radius 3 is 2.94 bits per heavy atom. The molecule has 0 saturated heterocycles. The predicted molar refractivity (Wildman–Crippen MR) is 62.0 cm³/mol. The molecule has 0 bridgehead atoms. The van der Waals surface area contributed by atoms with Crippen molar-refractivity contribution >= 4 is 11.8 Å². The van der Waals surface area contributed by atoms with E-state index in [1.165, 1.54) is 25.5 Å². The Labute approximate surface area is 94.7 Å². The Morgan fingerprint density at radius 2 is 2.31 bits per heavy atom. The van der Waals surface area contributed by atoms with Gasteiger partial charge in [0.05, 0.1) is 6.20 Å². The average molecular weight is 224 g/mol. The summed E-state index contributed by atoms with van der Waals surface area (Å²) in [5, 5.41) is 5.81. The lowest BCUT2D eigenvalue weighted by molar-refractivity contribution is 0.302. The molecule has 88 valence electrons. The van der Waals surface area contributed by atoms with Gasteiger partial charge in [0, 0.05) is 13.6 Å². The topological polar surface area (TPSA) is 49.8 Å². The van der Waals surface area contributed by atoms with Crippen molar-refractivity contribution in [3.63, 3.8) is 0 Å². The maximum Gasteiger partial charge on any atom is 0.224 e. The standard InChI is InChI=1S/C11H17FN4/c1-13-11-15-7-9(12)10(16-11)14-6-5-8-3-2-4-8/h7-8H,2-6H2,1H3,(H2,13,14,15,16). The summed E-state index contributed by atoms with van der Waals surface area (Å²) < 4.78 is 13.3. The largest absolute Gasteiger partial charge is 0.367 e. The highest BCUT2D eigenvalue weighted by atomic mass is 19.1. The third-order valence-electron chi connectivity index (χ3n) is 3.04. The van der Waals surface area contributed by atoms with E-state index in [9.17, 15) is 4.39 Å². The summed E-state index contributed by atoms with van der Waals surface area (Å²) in [6.07, 6.45) is 6.25. The molecular weight excluding hydrogens is 207 g/mol. The van der Waals surface area contributed by atoms with Gasteiger partial charge in [-0.25, -0.2) is 9.37 Å². The van der Waals surface area contributed by atoms with E-state index in [-0.39, 0.29) is 0 Å². The van der Waals surface area contributed by atoms with Crippen LogP contribution < -0.4 is 10.6 Å². The molecule has 4 nitrogen and oxygen atoms in total. The van der Waals surface area contributed by atoms with Gasteiger partial charge in [-0.2, -0.15) is 4.98 Å². The molecule has 1 aromatic heterocycles. The molecule has 2 rings (SSSR count). The van der Waals surface area contributed by atoms with Gasteiger partial charge in [-0.15, -0.1) is 0 Å². The number of anilines is 2. The highest BCUT2D eigenvalue weighted by molar-refractivity contribution is 5.40. The van der Waals surface area contributed by atoms with Crippen molar-refractivity contribution in [2.24, 2.45) is 5.92 Å². The second kappa shape index (κ2) is 5.09. The van der Waals surface area contributed by atoms with E-state index in [1.54, 1.807) is 7.05 Å². The lowest BCUT2D eigenvalue weighted by Crippen LogP contribution is -2.16. The minimum Gasteiger partial charge on any atom is -0.367 e. The number of aromatic nitrogens is 2. The number of nitrogens with zero attached hydrogens (tertiary/aromatic N) is 2. The van der Waals surface area contributed by atoms with Crippen LogP contribution in [0, 0.1) is 11.7 Å². The van der Waals surface area contributed by atoms with E-state index in [0.717, 1.165) is 18.9 Å². The van der Waals surface area contributed by atoms with Gasteiger partial charge in [0.1, 0.15) is 0 Å². The quantitative estimate of drug-likeness (QED) is 0.805. The average Bonchev–Trinajstić information content (AvgIpc) is 2.24. The SMILES string of the molecule is CNc1ncc(F)c(NCCC2CCC2)n1. The number of nitrogens with one attached hydrogen (secondary N) is 2. The molecule has 0 aliphatic heterocycles. The Morgan fingerprint density at radius 1 is 1.50 bits per heavy atom. The van der Waals surface area contributed by atoms with Gasteiger partial charge in [0.15, 0.2) is 11.6 Å². The van der Waals surface area contributed by atoms with Crippen molar-refractivity contribution in [3.05, 3.63) is 12.0 Å². The number of halogens is 1. The number of hydrogen-bond acceptors (Lipinski definition) is 4. The van der Waals surface area contributed by atoms with Crippen LogP contribution in [0.2, 0.25) is 0 Å². The Hall–Kier alpha value is -1.39.